The van der Waals surface area contributed by atoms with Gasteiger partial charge in [0, 0.05) is 35.1 Å². The minimum atomic E-state index is -0.392. The largest absolute Gasteiger partial charge is 0.464 e. The number of furan rings is 1. The Morgan fingerprint density at radius 3 is 2.44 bits per heavy atom. The van der Waals surface area contributed by atoms with Crippen LogP contribution < -0.4 is 5.32 Å². The Kier molecular flexibility index (Phi) is 5.84. The van der Waals surface area contributed by atoms with Crippen LogP contribution in [0.5, 0.6) is 0 Å². The fraction of sp³-hybridized carbons (Fsp3) is 0.286. The quantitative estimate of drug-likeness (QED) is 0.389. The van der Waals surface area contributed by atoms with Crippen molar-refractivity contribution in [3.63, 3.8) is 0 Å². The average Bonchev–Trinajstić information content (AvgIpc) is 3.52. The van der Waals surface area contributed by atoms with Crippen molar-refractivity contribution >= 4 is 44.8 Å². The minimum Gasteiger partial charge on any atom is -0.464 e. The van der Waals surface area contributed by atoms with Gasteiger partial charge in [0.2, 0.25) is 0 Å². The molecule has 0 aliphatic carbocycles. The number of carbonyl (C=O) groups is 2. The number of aromatic nitrogens is 1. The summed E-state index contributed by atoms with van der Waals surface area (Å²) in [5.41, 5.74) is 5.13. The molecular formula is C28H29N3O3. The summed E-state index contributed by atoms with van der Waals surface area (Å²) < 4.78 is 7.76. The van der Waals surface area contributed by atoms with Crippen LogP contribution in [0, 0.1) is 0 Å². The Bertz CT molecular complexity index is 1440. The normalized spacial score (nSPS) is 14.2. The molecule has 4 aromatic rings. The topological polar surface area (TPSA) is 67.5 Å². The SMILES string of the molecule is CCN(CC)CCCc1cccc2c(C3=C(c4cccc5ccoc45)C(=O)NC3=O)cn(C)c12. The second-order valence-corrected chi connectivity index (χ2v) is 8.78. The molecular weight excluding hydrogens is 426 g/mol. The summed E-state index contributed by atoms with van der Waals surface area (Å²) in [5, 5.41) is 4.38. The van der Waals surface area contributed by atoms with Gasteiger partial charge in [0.25, 0.3) is 11.8 Å². The number of carbonyl (C=O) groups excluding carboxylic acids is 2. The third kappa shape index (κ3) is 3.64. The first-order valence-electron chi connectivity index (χ1n) is 11.9. The molecule has 0 saturated heterocycles. The summed E-state index contributed by atoms with van der Waals surface area (Å²) >= 11 is 0. The van der Waals surface area contributed by atoms with E-state index in [1.54, 1.807) is 6.26 Å². The van der Waals surface area contributed by atoms with Crippen molar-refractivity contribution in [2.45, 2.75) is 26.7 Å². The van der Waals surface area contributed by atoms with Crippen LogP contribution >= 0.6 is 0 Å². The van der Waals surface area contributed by atoms with Crippen LogP contribution in [0.3, 0.4) is 0 Å². The van der Waals surface area contributed by atoms with E-state index in [9.17, 15) is 9.59 Å². The molecule has 0 fully saturated rings. The Labute approximate surface area is 198 Å². The number of rotatable bonds is 8. The fourth-order valence-corrected chi connectivity index (χ4v) is 5.15. The van der Waals surface area contributed by atoms with Gasteiger partial charge in [-0.1, -0.05) is 50.2 Å². The second kappa shape index (κ2) is 8.95. The molecule has 0 atom stereocenters. The smallest absolute Gasteiger partial charge is 0.259 e. The maximum absolute atomic E-state index is 13.1. The summed E-state index contributed by atoms with van der Waals surface area (Å²) in [6.07, 6.45) is 5.59. The van der Waals surface area contributed by atoms with Crippen LogP contribution in [0.4, 0.5) is 0 Å². The van der Waals surface area contributed by atoms with Gasteiger partial charge in [0.1, 0.15) is 5.58 Å². The van der Waals surface area contributed by atoms with Gasteiger partial charge in [0.15, 0.2) is 0 Å². The summed E-state index contributed by atoms with van der Waals surface area (Å²) in [6, 6.07) is 13.7. The highest BCUT2D eigenvalue weighted by molar-refractivity contribution is 6.50. The minimum absolute atomic E-state index is 0.366. The number of aryl methyl sites for hydroxylation is 2. The van der Waals surface area contributed by atoms with E-state index < -0.39 is 5.91 Å². The maximum Gasteiger partial charge on any atom is 0.259 e. The average molecular weight is 456 g/mol. The first-order chi connectivity index (χ1) is 16.5. The highest BCUT2D eigenvalue weighted by Crippen LogP contribution is 2.39. The summed E-state index contributed by atoms with van der Waals surface area (Å²) in [5.74, 6) is -0.765. The molecule has 0 radical (unpaired) electrons. The second-order valence-electron chi connectivity index (χ2n) is 8.78. The monoisotopic (exact) mass is 455 g/mol. The molecule has 1 aliphatic rings. The molecule has 2 amide bonds. The zero-order valence-corrected chi connectivity index (χ0v) is 19.9. The van der Waals surface area contributed by atoms with E-state index in [1.807, 2.05) is 49.6 Å². The lowest BCUT2D eigenvalue weighted by Crippen LogP contribution is -2.24. The molecule has 34 heavy (non-hydrogen) atoms. The molecule has 0 saturated carbocycles. The number of hydrogen-bond acceptors (Lipinski definition) is 4. The molecule has 2 aromatic heterocycles. The van der Waals surface area contributed by atoms with Gasteiger partial charge in [-0.25, -0.2) is 0 Å². The van der Waals surface area contributed by atoms with E-state index in [4.69, 9.17) is 4.42 Å². The predicted octanol–water partition coefficient (Wildman–Crippen LogP) is 4.77. The Morgan fingerprint density at radius 2 is 1.68 bits per heavy atom. The number of para-hydroxylation sites is 2. The van der Waals surface area contributed by atoms with E-state index in [0.717, 1.165) is 54.3 Å². The Balaban J connectivity index is 1.63. The van der Waals surface area contributed by atoms with Gasteiger partial charge in [-0.2, -0.15) is 0 Å². The molecule has 5 rings (SSSR count). The van der Waals surface area contributed by atoms with Crippen LogP contribution in [0.2, 0.25) is 0 Å². The van der Waals surface area contributed by atoms with Crippen molar-refractivity contribution in [3.05, 3.63) is 71.6 Å². The molecule has 3 heterocycles. The van der Waals surface area contributed by atoms with Gasteiger partial charge < -0.3 is 13.9 Å². The van der Waals surface area contributed by atoms with Crippen LogP contribution in [0.1, 0.15) is 37.0 Å². The Hall–Kier alpha value is -3.64. The van der Waals surface area contributed by atoms with Gasteiger partial charge >= 0.3 is 0 Å². The van der Waals surface area contributed by atoms with Crippen LogP contribution in [0.15, 0.2) is 59.3 Å². The van der Waals surface area contributed by atoms with E-state index in [2.05, 4.69) is 34.7 Å². The number of nitrogens with zero attached hydrogens (tertiary/aromatic N) is 2. The maximum atomic E-state index is 13.1. The van der Waals surface area contributed by atoms with Crippen LogP contribution in [-0.4, -0.2) is 40.9 Å². The van der Waals surface area contributed by atoms with Crippen LogP contribution in [0.25, 0.3) is 33.0 Å². The van der Waals surface area contributed by atoms with E-state index in [0.29, 0.717) is 22.3 Å². The number of hydrogen-bond donors (Lipinski definition) is 1. The molecule has 1 aliphatic heterocycles. The van der Waals surface area contributed by atoms with E-state index >= 15 is 0 Å². The highest BCUT2D eigenvalue weighted by atomic mass is 16.3. The highest BCUT2D eigenvalue weighted by Gasteiger charge is 2.35. The number of amides is 2. The first-order valence-corrected chi connectivity index (χ1v) is 11.9. The lowest BCUT2D eigenvalue weighted by molar-refractivity contribution is -0.122. The number of benzene rings is 2. The lowest BCUT2D eigenvalue weighted by Gasteiger charge is -2.17. The molecule has 0 spiro atoms. The van der Waals surface area contributed by atoms with Crippen molar-refractivity contribution in [3.8, 4) is 0 Å². The molecule has 0 unspecified atom stereocenters. The van der Waals surface area contributed by atoms with Crippen molar-refractivity contribution < 1.29 is 14.0 Å². The summed E-state index contributed by atoms with van der Waals surface area (Å²) in [4.78, 5) is 28.5. The van der Waals surface area contributed by atoms with Crippen molar-refractivity contribution in [1.29, 1.82) is 0 Å². The van der Waals surface area contributed by atoms with Crippen molar-refractivity contribution in [2.75, 3.05) is 19.6 Å². The number of nitrogens with one attached hydrogen (secondary N) is 1. The van der Waals surface area contributed by atoms with Crippen molar-refractivity contribution in [1.82, 2.24) is 14.8 Å². The van der Waals surface area contributed by atoms with Gasteiger partial charge in [0.05, 0.1) is 22.9 Å². The molecule has 174 valence electrons. The standard InChI is InChI=1S/C28H29N3O3/c1-4-31(5-2)15-8-11-18-9-6-12-20-22(17-30(3)25(18)20)24-23(27(32)29-28(24)33)21-13-7-10-19-14-16-34-26(19)21/h6-7,9-10,12-14,16-17H,4-5,8,11,15H2,1-3H3,(H,29,32,33). The lowest BCUT2D eigenvalue weighted by atomic mass is 9.94. The number of fused-ring (bicyclic) bond motifs is 2. The summed E-state index contributed by atoms with van der Waals surface area (Å²) in [7, 11) is 2.00. The summed E-state index contributed by atoms with van der Waals surface area (Å²) in [6.45, 7) is 7.54. The predicted molar refractivity (Wildman–Crippen MR) is 135 cm³/mol. The van der Waals surface area contributed by atoms with Crippen LogP contribution in [-0.2, 0) is 23.1 Å². The van der Waals surface area contributed by atoms with Gasteiger partial charge in [-0.3, -0.25) is 14.9 Å². The third-order valence-electron chi connectivity index (χ3n) is 6.85. The molecule has 1 N–H and O–H groups in total. The Morgan fingerprint density at radius 1 is 0.941 bits per heavy atom. The molecule has 6 nitrogen and oxygen atoms in total. The van der Waals surface area contributed by atoms with Gasteiger partial charge in [-0.15, -0.1) is 0 Å². The zero-order chi connectivity index (χ0) is 23.8. The van der Waals surface area contributed by atoms with Gasteiger partial charge in [-0.05, 0) is 44.1 Å². The molecule has 6 heteroatoms. The fourth-order valence-electron chi connectivity index (χ4n) is 5.15. The zero-order valence-electron chi connectivity index (χ0n) is 19.9. The molecule has 0 bridgehead atoms. The first kappa shape index (κ1) is 22.2. The number of imide groups is 1. The molecule has 2 aromatic carbocycles. The van der Waals surface area contributed by atoms with E-state index in [1.165, 1.54) is 5.56 Å². The van der Waals surface area contributed by atoms with E-state index in [-0.39, 0.29) is 5.91 Å². The van der Waals surface area contributed by atoms with Crippen molar-refractivity contribution in [2.24, 2.45) is 7.05 Å². The third-order valence-corrected chi connectivity index (χ3v) is 6.85.